The van der Waals surface area contributed by atoms with Crippen LogP contribution in [-0.2, 0) is 17.8 Å². The number of nitrogens with zero attached hydrogens (tertiary/aromatic N) is 1. The average Bonchev–Trinajstić information content (AvgIpc) is 2.64. The smallest absolute Gasteiger partial charge is 0.312 e. The SMILES string of the molecule is COc1c(Cl)cc(Cl)cc1CN1CC[C@](Cc2ccccc2)(C(=O)O)[C@@H](O)C1. The highest BCUT2D eigenvalue weighted by Gasteiger charge is 2.48. The van der Waals surface area contributed by atoms with E-state index in [9.17, 15) is 15.0 Å². The number of hydrogen-bond donors (Lipinski definition) is 2. The molecule has 1 fully saturated rings. The van der Waals surface area contributed by atoms with Gasteiger partial charge in [0.25, 0.3) is 0 Å². The van der Waals surface area contributed by atoms with Crippen LogP contribution in [0.1, 0.15) is 17.5 Å². The molecule has 2 aromatic carbocycles. The number of carboxylic acid groups (broad SMARTS) is 1. The third kappa shape index (κ3) is 4.28. The molecule has 2 atom stereocenters. The topological polar surface area (TPSA) is 70.0 Å². The van der Waals surface area contributed by atoms with Crippen molar-refractivity contribution in [3.05, 3.63) is 63.6 Å². The Labute approximate surface area is 174 Å². The molecule has 7 heteroatoms. The van der Waals surface area contributed by atoms with E-state index >= 15 is 0 Å². The first-order valence-electron chi connectivity index (χ1n) is 9.05. The standard InChI is InChI=1S/C21H23Cl2NO4/c1-28-19-15(9-16(22)10-17(19)23)12-24-8-7-21(20(26)27,18(25)13-24)11-14-5-3-2-4-6-14/h2-6,9-10,18,25H,7-8,11-13H2,1H3,(H,26,27)/t18-,21+/m0/s1. The van der Waals surface area contributed by atoms with E-state index in [1.165, 1.54) is 0 Å². The van der Waals surface area contributed by atoms with Gasteiger partial charge in [-0.25, -0.2) is 0 Å². The van der Waals surface area contributed by atoms with Gasteiger partial charge in [-0.15, -0.1) is 0 Å². The molecule has 5 nitrogen and oxygen atoms in total. The van der Waals surface area contributed by atoms with Crippen LogP contribution in [0.2, 0.25) is 10.0 Å². The van der Waals surface area contributed by atoms with Gasteiger partial charge in [0.15, 0.2) is 0 Å². The van der Waals surface area contributed by atoms with E-state index < -0.39 is 17.5 Å². The third-order valence-electron chi connectivity index (χ3n) is 5.41. The number of carboxylic acids is 1. The van der Waals surface area contributed by atoms with E-state index in [4.69, 9.17) is 27.9 Å². The summed E-state index contributed by atoms with van der Waals surface area (Å²) in [4.78, 5) is 14.1. The van der Waals surface area contributed by atoms with Crippen molar-refractivity contribution in [2.45, 2.75) is 25.5 Å². The molecule has 0 amide bonds. The fraction of sp³-hybridized carbons (Fsp3) is 0.381. The van der Waals surface area contributed by atoms with Gasteiger partial charge in [-0.2, -0.15) is 0 Å². The minimum Gasteiger partial charge on any atom is -0.495 e. The lowest BCUT2D eigenvalue weighted by molar-refractivity contribution is -0.163. The average molecular weight is 424 g/mol. The van der Waals surface area contributed by atoms with E-state index in [1.54, 1.807) is 19.2 Å². The molecule has 28 heavy (non-hydrogen) atoms. The number of halogens is 2. The largest absolute Gasteiger partial charge is 0.495 e. The minimum absolute atomic E-state index is 0.242. The lowest BCUT2D eigenvalue weighted by Gasteiger charge is -2.43. The van der Waals surface area contributed by atoms with Crippen LogP contribution in [0.3, 0.4) is 0 Å². The first-order valence-corrected chi connectivity index (χ1v) is 9.81. The molecular formula is C21H23Cl2NO4. The summed E-state index contributed by atoms with van der Waals surface area (Å²) < 4.78 is 5.38. The Kier molecular flexibility index (Phi) is 6.50. The van der Waals surface area contributed by atoms with Crippen molar-refractivity contribution in [2.24, 2.45) is 5.41 Å². The van der Waals surface area contributed by atoms with Crippen molar-refractivity contribution >= 4 is 29.2 Å². The quantitative estimate of drug-likeness (QED) is 0.737. The molecule has 2 aromatic rings. The lowest BCUT2D eigenvalue weighted by atomic mass is 9.71. The third-order valence-corrected chi connectivity index (χ3v) is 5.91. The molecular weight excluding hydrogens is 401 g/mol. The fourth-order valence-electron chi connectivity index (χ4n) is 3.87. The molecule has 1 aliphatic rings. The summed E-state index contributed by atoms with van der Waals surface area (Å²) in [5.74, 6) is -0.424. The van der Waals surface area contributed by atoms with Crippen LogP contribution in [0.5, 0.6) is 5.75 Å². The van der Waals surface area contributed by atoms with Crippen LogP contribution in [0.25, 0.3) is 0 Å². The molecule has 0 radical (unpaired) electrons. The predicted molar refractivity (Wildman–Crippen MR) is 109 cm³/mol. The number of aliphatic hydroxyl groups is 1. The molecule has 1 aliphatic heterocycles. The number of carbonyl (C=O) groups is 1. The number of rotatable bonds is 6. The molecule has 0 aromatic heterocycles. The zero-order chi connectivity index (χ0) is 20.3. The molecule has 0 bridgehead atoms. The van der Waals surface area contributed by atoms with Crippen molar-refractivity contribution in [3.8, 4) is 5.75 Å². The van der Waals surface area contributed by atoms with Crippen molar-refractivity contribution in [3.63, 3.8) is 0 Å². The Hall–Kier alpha value is -1.79. The second-order valence-electron chi connectivity index (χ2n) is 7.20. The van der Waals surface area contributed by atoms with Gasteiger partial charge in [0.1, 0.15) is 11.2 Å². The maximum Gasteiger partial charge on any atom is 0.312 e. The van der Waals surface area contributed by atoms with Crippen LogP contribution in [-0.4, -0.2) is 47.4 Å². The van der Waals surface area contributed by atoms with Crippen LogP contribution >= 0.6 is 23.2 Å². The number of aliphatic carboxylic acids is 1. The van der Waals surface area contributed by atoms with E-state index in [0.717, 1.165) is 11.1 Å². The molecule has 0 aliphatic carbocycles. The van der Waals surface area contributed by atoms with Gasteiger partial charge in [0.05, 0.1) is 18.2 Å². The molecule has 1 saturated heterocycles. The zero-order valence-corrected chi connectivity index (χ0v) is 17.1. The Morgan fingerprint density at radius 2 is 2.00 bits per heavy atom. The van der Waals surface area contributed by atoms with Gasteiger partial charge < -0.3 is 14.9 Å². The highest BCUT2D eigenvalue weighted by Crippen LogP contribution is 2.38. The molecule has 1 heterocycles. The van der Waals surface area contributed by atoms with Crippen LogP contribution in [0.4, 0.5) is 0 Å². The number of methoxy groups -OCH3 is 1. The molecule has 3 rings (SSSR count). The molecule has 2 N–H and O–H groups in total. The first-order chi connectivity index (χ1) is 13.4. The number of piperidine rings is 1. The Balaban J connectivity index is 1.78. The second kappa shape index (κ2) is 8.70. The van der Waals surface area contributed by atoms with Gasteiger partial charge in [-0.1, -0.05) is 53.5 Å². The number of benzene rings is 2. The second-order valence-corrected chi connectivity index (χ2v) is 8.05. The summed E-state index contributed by atoms with van der Waals surface area (Å²) in [6, 6.07) is 12.8. The predicted octanol–water partition coefficient (Wildman–Crippen LogP) is 3.88. The highest BCUT2D eigenvalue weighted by atomic mass is 35.5. The number of likely N-dealkylation sites (tertiary alicyclic amines) is 1. The van der Waals surface area contributed by atoms with Gasteiger partial charge in [-0.05, 0) is 37.1 Å². The van der Waals surface area contributed by atoms with E-state index in [0.29, 0.717) is 41.7 Å². The fourth-order valence-corrected chi connectivity index (χ4v) is 4.48. The molecule has 0 unspecified atom stereocenters. The summed E-state index contributed by atoms with van der Waals surface area (Å²) in [5.41, 5.74) is 0.507. The summed E-state index contributed by atoms with van der Waals surface area (Å²) in [5, 5.41) is 21.7. The summed E-state index contributed by atoms with van der Waals surface area (Å²) in [6.45, 7) is 1.23. The summed E-state index contributed by atoms with van der Waals surface area (Å²) in [7, 11) is 1.54. The Morgan fingerprint density at radius 3 is 2.61 bits per heavy atom. The number of hydrogen-bond acceptors (Lipinski definition) is 4. The van der Waals surface area contributed by atoms with Crippen LogP contribution < -0.4 is 4.74 Å². The Bertz CT molecular complexity index is 846. The van der Waals surface area contributed by atoms with Crippen molar-refractivity contribution in [1.29, 1.82) is 0 Å². The summed E-state index contributed by atoms with van der Waals surface area (Å²) in [6.07, 6.45) is -0.362. The number of β-amino-alcohol motifs (C(OH)–C–C–N with tert-alkyl or cyclic N) is 1. The monoisotopic (exact) mass is 423 g/mol. The molecule has 150 valence electrons. The zero-order valence-electron chi connectivity index (χ0n) is 15.6. The van der Waals surface area contributed by atoms with Crippen LogP contribution in [0.15, 0.2) is 42.5 Å². The first kappa shape index (κ1) is 20.9. The number of ether oxygens (including phenoxy) is 1. The molecule has 0 saturated carbocycles. The maximum absolute atomic E-state index is 12.1. The van der Waals surface area contributed by atoms with Crippen molar-refractivity contribution in [1.82, 2.24) is 4.90 Å². The van der Waals surface area contributed by atoms with Crippen molar-refractivity contribution < 1.29 is 19.7 Å². The Morgan fingerprint density at radius 1 is 1.29 bits per heavy atom. The van der Waals surface area contributed by atoms with E-state index in [1.807, 2.05) is 35.2 Å². The van der Waals surface area contributed by atoms with Crippen molar-refractivity contribution in [2.75, 3.05) is 20.2 Å². The lowest BCUT2D eigenvalue weighted by Crippen LogP contribution is -2.55. The van der Waals surface area contributed by atoms with Gasteiger partial charge in [0, 0.05) is 23.7 Å². The highest BCUT2D eigenvalue weighted by molar-refractivity contribution is 6.35. The van der Waals surface area contributed by atoms with Crippen LogP contribution in [0, 0.1) is 5.41 Å². The normalized spacial score (nSPS) is 22.8. The van der Waals surface area contributed by atoms with Gasteiger partial charge in [-0.3, -0.25) is 9.69 Å². The number of aliphatic hydroxyl groups excluding tert-OH is 1. The van der Waals surface area contributed by atoms with Gasteiger partial charge >= 0.3 is 5.97 Å². The van der Waals surface area contributed by atoms with E-state index in [-0.39, 0.29) is 6.54 Å². The molecule has 0 spiro atoms. The van der Waals surface area contributed by atoms with E-state index in [2.05, 4.69) is 0 Å². The minimum atomic E-state index is -1.20. The van der Waals surface area contributed by atoms with Gasteiger partial charge in [0.2, 0.25) is 0 Å². The maximum atomic E-state index is 12.1. The summed E-state index contributed by atoms with van der Waals surface area (Å²) >= 11 is 12.3.